The lowest BCUT2D eigenvalue weighted by molar-refractivity contribution is -0.137. The predicted octanol–water partition coefficient (Wildman–Crippen LogP) is 8.10. The summed E-state index contributed by atoms with van der Waals surface area (Å²) in [5, 5.41) is 3.89. The van der Waals surface area contributed by atoms with E-state index >= 15 is 0 Å². The molecule has 0 unspecified atom stereocenters. The summed E-state index contributed by atoms with van der Waals surface area (Å²) in [5.41, 5.74) is -0.0301. The van der Waals surface area contributed by atoms with Crippen LogP contribution in [0, 0.1) is 0 Å². The molecule has 0 aliphatic carbocycles. The lowest BCUT2D eigenvalue weighted by atomic mass is 9.98. The molecule has 3 rings (SSSR count). The Hall–Kier alpha value is -3.92. The van der Waals surface area contributed by atoms with Crippen LogP contribution in [0.4, 0.5) is 29.3 Å². The Labute approximate surface area is 235 Å². The van der Waals surface area contributed by atoms with Gasteiger partial charge in [-0.3, -0.25) is 19.9 Å². The average molecular weight is 576 g/mol. The van der Waals surface area contributed by atoms with Crippen LogP contribution in [0.15, 0.2) is 54.7 Å². The van der Waals surface area contributed by atoms with E-state index in [1.807, 2.05) is 26.0 Å². The van der Waals surface area contributed by atoms with Crippen LogP contribution in [0.25, 0.3) is 11.1 Å². The molecule has 2 amide bonds. The summed E-state index contributed by atoms with van der Waals surface area (Å²) < 4.78 is 45.6. The summed E-state index contributed by atoms with van der Waals surface area (Å²) in [5.74, 6) is -1.23. The zero-order valence-corrected chi connectivity index (χ0v) is 23.3. The maximum absolute atomic E-state index is 13.5. The van der Waals surface area contributed by atoms with Crippen molar-refractivity contribution >= 4 is 40.8 Å². The minimum Gasteiger partial charge on any atom is -0.444 e. The molecule has 2 N–H and O–H groups in total. The monoisotopic (exact) mass is 575 g/mol. The molecule has 3 aromatic rings. The molecule has 0 aliphatic rings. The number of pyridine rings is 1. The Balaban J connectivity index is 1.84. The number of rotatable bonds is 7. The molecule has 2 aromatic carbocycles. The lowest BCUT2D eigenvalue weighted by Crippen LogP contribution is -2.28. The maximum Gasteiger partial charge on any atom is 0.417 e. The van der Waals surface area contributed by atoms with Gasteiger partial charge < -0.3 is 10.1 Å². The van der Waals surface area contributed by atoms with Crippen molar-refractivity contribution in [2.75, 3.05) is 10.6 Å². The van der Waals surface area contributed by atoms with Gasteiger partial charge in [0.15, 0.2) is 5.78 Å². The van der Waals surface area contributed by atoms with E-state index in [2.05, 4.69) is 15.6 Å². The second-order valence-corrected chi connectivity index (χ2v) is 10.8. The molecule has 0 saturated carbocycles. The highest BCUT2D eigenvalue weighted by Gasteiger charge is 2.34. The van der Waals surface area contributed by atoms with Crippen molar-refractivity contribution in [3.8, 4) is 11.1 Å². The van der Waals surface area contributed by atoms with Crippen molar-refractivity contribution in [2.45, 2.75) is 58.7 Å². The molecule has 0 radical (unpaired) electrons. The molecule has 11 heteroatoms. The number of amides is 2. The van der Waals surface area contributed by atoms with Gasteiger partial charge in [0.25, 0.3) is 0 Å². The molecule has 0 spiro atoms. The summed E-state index contributed by atoms with van der Waals surface area (Å²) in [4.78, 5) is 42.3. The van der Waals surface area contributed by atoms with E-state index in [0.717, 1.165) is 22.9 Å². The number of nitrogens with zero attached hydrogens (tertiary/aromatic N) is 1. The molecule has 40 heavy (non-hydrogen) atoms. The Kier molecular flexibility index (Phi) is 9.25. The number of carbonyl (C=O) groups is 3. The number of alkyl halides is 3. The molecule has 0 aliphatic heterocycles. The predicted molar refractivity (Wildman–Crippen MR) is 148 cm³/mol. The van der Waals surface area contributed by atoms with E-state index in [1.165, 1.54) is 0 Å². The number of benzene rings is 2. The van der Waals surface area contributed by atoms with Gasteiger partial charge in [-0.25, -0.2) is 4.79 Å². The third kappa shape index (κ3) is 8.29. The molecule has 1 aromatic heterocycles. The summed E-state index contributed by atoms with van der Waals surface area (Å²) >= 11 is 5.81. The van der Waals surface area contributed by atoms with E-state index < -0.39 is 52.3 Å². The highest BCUT2D eigenvalue weighted by atomic mass is 35.5. The van der Waals surface area contributed by atoms with Crippen molar-refractivity contribution in [3.05, 3.63) is 76.6 Å². The second kappa shape index (κ2) is 12.1. The third-order valence-corrected chi connectivity index (χ3v) is 5.85. The number of ether oxygens (including phenoxy) is 1. The van der Waals surface area contributed by atoms with Gasteiger partial charge in [-0.05, 0) is 68.1 Å². The highest BCUT2D eigenvalue weighted by molar-refractivity contribution is 6.32. The number of anilines is 2. The third-order valence-electron chi connectivity index (χ3n) is 5.53. The summed E-state index contributed by atoms with van der Waals surface area (Å²) in [6.45, 7) is 8.84. The summed E-state index contributed by atoms with van der Waals surface area (Å²) in [6, 6.07) is 11.8. The zero-order chi connectivity index (χ0) is 29.8. The number of aromatic nitrogens is 1. The Morgan fingerprint density at radius 2 is 1.60 bits per heavy atom. The van der Waals surface area contributed by atoms with Crippen molar-refractivity contribution in [2.24, 2.45) is 0 Å². The van der Waals surface area contributed by atoms with Crippen LogP contribution in [0.5, 0.6) is 0 Å². The van der Waals surface area contributed by atoms with Crippen LogP contribution in [0.2, 0.25) is 5.02 Å². The SMILES string of the molecule is CC(C)c1cc(-c2cccc(C(=O)CC(=O)Nc3cc(C(F)(F)F)c(Cl)cc3NC(=O)OC(C)(C)C)c2)ccn1. The first kappa shape index (κ1) is 30.6. The smallest absolute Gasteiger partial charge is 0.417 e. The standard InChI is InChI=1S/C29H29ClF3N3O4/c1-16(2)22-12-18(9-10-34-22)17-7-6-8-19(11-17)25(37)15-26(38)35-23-13-20(29(31,32)33)21(30)14-24(23)36-27(39)40-28(3,4)5/h6-14,16H,15H2,1-5H3,(H,35,38)(H,36,39). The largest absolute Gasteiger partial charge is 0.444 e. The van der Waals surface area contributed by atoms with E-state index in [-0.39, 0.29) is 17.2 Å². The quantitative estimate of drug-likeness (QED) is 0.219. The molecule has 0 atom stereocenters. The Morgan fingerprint density at radius 1 is 0.950 bits per heavy atom. The number of Topliss-reactive ketones (excluding diaryl/α,β-unsaturated/α-hetero) is 1. The van der Waals surface area contributed by atoms with Crippen molar-refractivity contribution < 1.29 is 32.3 Å². The zero-order valence-electron chi connectivity index (χ0n) is 22.6. The molecule has 0 saturated heterocycles. The minimum absolute atomic E-state index is 0.203. The topological polar surface area (TPSA) is 97.4 Å². The van der Waals surface area contributed by atoms with Gasteiger partial charge in [0, 0.05) is 17.5 Å². The van der Waals surface area contributed by atoms with Crippen LogP contribution < -0.4 is 10.6 Å². The second-order valence-electron chi connectivity index (χ2n) is 10.4. The number of nitrogens with one attached hydrogen (secondary N) is 2. The number of hydrogen-bond acceptors (Lipinski definition) is 5. The Morgan fingerprint density at radius 3 is 2.23 bits per heavy atom. The first-order valence-corrected chi connectivity index (χ1v) is 12.7. The van der Waals surface area contributed by atoms with Crippen LogP contribution in [0.1, 0.15) is 68.6 Å². The Bertz CT molecular complexity index is 1430. The fourth-order valence-corrected chi connectivity index (χ4v) is 3.94. The number of hydrogen-bond donors (Lipinski definition) is 2. The van der Waals surface area contributed by atoms with Crippen molar-refractivity contribution in [1.82, 2.24) is 4.98 Å². The molecular formula is C29H29ClF3N3O4. The van der Waals surface area contributed by atoms with Gasteiger partial charge in [-0.15, -0.1) is 0 Å². The fourth-order valence-electron chi connectivity index (χ4n) is 3.67. The first-order chi connectivity index (χ1) is 18.5. The van der Waals surface area contributed by atoms with E-state index in [0.29, 0.717) is 6.07 Å². The van der Waals surface area contributed by atoms with E-state index in [9.17, 15) is 27.6 Å². The van der Waals surface area contributed by atoms with Gasteiger partial charge >= 0.3 is 12.3 Å². The summed E-state index contributed by atoms with van der Waals surface area (Å²) in [7, 11) is 0. The van der Waals surface area contributed by atoms with Crippen LogP contribution >= 0.6 is 11.6 Å². The van der Waals surface area contributed by atoms with Gasteiger partial charge in [-0.2, -0.15) is 13.2 Å². The molecule has 7 nitrogen and oxygen atoms in total. The fraction of sp³-hybridized carbons (Fsp3) is 0.310. The summed E-state index contributed by atoms with van der Waals surface area (Å²) in [6.07, 6.45) is -4.79. The number of halogens is 4. The van der Waals surface area contributed by atoms with Crippen LogP contribution in [0.3, 0.4) is 0 Å². The van der Waals surface area contributed by atoms with Gasteiger partial charge in [0.05, 0.1) is 28.4 Å². The highest BCUT2D eigenvalue weighted by Crippen LogP contribution is 2.40. The van der Waals surface area contributed by atoms with E-state index in [1.54, 1.807) is 51.2 Å². The molecular weight excluding hydrogens is 547 g/mol. The van der Waals surface area contributed by atoms with Crippen molar-refractivity contribution in [3.63, 3.8) is 0 Å². The maximum atomic E-state index is 13.5. The molecule has 212 valence electrons. The normalized spacial score (nSPS) is 11.8. The molecule has 0 bridgehead atoms. The van der Waals surface area contributed by atoms with Crippen LogP contribution in [-0.2, 0) is 15.7 Å². The van der Waals surface area contributed by atoms with Crippen LogP contribution in [-0.4, -0.2) is 28.4 Å². The van der Waals surface area contributed by atoms with Gasteiger partial charge in [-0.1, -0.05) is 43.6 Å². The molecule has 0 fully saturated rings. The average Bonchev–Trinajstić information content (AvgIpc) is 2.83. The van der Waals surface area contributed by atoms with Gasteiger partial charge in [0.1, 0.15) is 5.60 Å². The van der Waals surface area contributed by atoms with Gasteiger partial charge in [0.2, 0.25) is 5.91 Å². The minimum atomic E-state index is -4.83. The lowest BCUT2D eigenvalue weighted by Gasteiger charge is -2.21. The van der Waals surface area contributed by atoms with Crippen molar-refractivity contribution in [1.29, 1.82) is 0 Å². The number of carbonyl (C=O) groups excluding carboxylic acids is 3. The van der Waals surface area contributed by atoms with E-state index in [4.69, 9.17) is 16.3 Å². The first-order valence-electron chi connectivity index (χ1n) is 12.3. The number of ketones is 1. The molecule has 1 heterocycles.